The van der Waals surface area contributed by atoms with Gasteiger partial charge in [-0.15, -0.1) is 0 Å². The van der Waals surface area contributed by atoms with Gasteiger partial charge in [-0.3, -0.25) is 0 Å². The summed E-state index contributed by atoms with van der Waals surface area (Å²) < 4.78 is 6.62. The standard InChI is InChI=1S/C18H15ClN2O2/c1-2-23-18(22)14-11-20-21(12-14)15-7-5-6-13(10-15)16-8-3-4-9-17(16)19/h3-12H,2H2,1H3. The van der Waals surface area contributed by atoms with E-state index in [0.717, 1.165) is 16.8 Å². The summed E-state index contributed by atoms with van der Waals surface area (Å²) in [7, 11) is 0. The molecule has 0 saturated carbocycles. The summed E-state index contributed by atoms with van der Waals surface area (Å²) in [6, 6.07) is 15.5. The Hall–Kier alpha value is -2.59. The minimum Gasteiger partial charge on any atom is -0.462 e. The molecule has 0 fully saturated rings. The molecular formula is C18H15ClN2O2. The normalized spacial score (nSPS) is 10.5. The molecule has 23 heavy (non-hydrogen) atoms. The van der Waals surface area contributed by atoms with Gasteiger partial charge in [-0.05, 0) is 30.7 Å². The van der Waals surface area contributed by atoms with Crippen molar-refractivity contribution in [3.05, 3.63) is 71.5 Å². The molecule has 0 N–H and O–H groups in total. The summed E-state index contributed by atoms with van der Waals surface area (Å²) in [5, 5.41) is 4.92. The number of nitrogens with zero attached hydrogens (tertiary/aromatic N) is 2. The third kappa shape index (κ3) is 3.27. The van der Waals surface area contributed by atoms with E-state index in [4.69, 9.17) is 16.3 Å². The molecule has 0 aliphatic heterocycles. The van der Waals surface area contributed by atoms with Crippen molar-refractivity contribution in [3.63, 3.8) is 0 Å². The van der Waals surface area contributed by atoms with E-state index >= 15 is 0 Å². The van der Waals surface area contributed by atoms with E-state index in [2.05, 4.69) is 5.10 Å². The highest BCUT2D eigenvalue weighted by Crippen LogP contribution is 2.28. The molecule has 0 radical (unpaired) electrons. The monoisotopic (exact) mass is 326 g/mol. The van der Waals surface area contributed by atoms with Gasteiger partial charge in [0.1, 0.15) is 0 Å². The number of esters is 1. The largest absolute Gasteiger partial charge is 0.462 e. The Balaban J connectivity index is 1.95. The Kier molecular flexibility index (Phi) is 4.44. The smallest absolute Gasteiger partial charge is 0.341 e. The van der Waals surface area contributed by atoms with Crippen LogP contribution in [0.25, 0.3) is 16.8 Å². The van der Waals surface area contributed by atoms with Crippen LogP contribution in [0, 0.1) is 0 Å². The lowest BCUT2D eigenvalue weighted by Gasteiger charge is -2.07. The minimum absolute atomic E-state index is 0.339. The van der Waals surface area contributed by atoms with Gasteiger partial charge in [-0.1, -0.05) is 41.9 Å². The molecule has 0 atom stereocenters. The number of carbonyl (C=O) groups is 1. The SMILES string of the molecule is CCOC(=O)c1cnn(-c2cccc(-c3ccccc3Cl)c2)c1. The second-order valence-corrected chi connectivity index (χ2v) is 5.33. The maximum atomic E-state index is 11.7. The molecule has 0 spiro atoms. The van der Waals surface area contributed by atoms with Crippen molar-refractivity contribution in [1.29, 1.82) is 0 Å². The Labute approximate surface area is 139 Å². The van der Waals surface area contributed by atoms with E-state index in [1.165, 1.54) is 6.20 Å². The van der Waals surface area contributed by atoms with Gasteiger partial charge in [0.05, 0.1) is 24.1 Å². The molecule has 0 amide bonds. The van der Waals surface area contributed by atoms with Gasteiger partial charge < -0.3 is 4.74 Å². The average Bonchev–Trinajstić information content (AvgIpc) is 3.06. The molecule has 3 rings (SSSR count). The molecule has 0 saturated heterocycles. The molecule has 0 unspecified atom stereocenters. The Morgan fingerprint density at radius 2 is 2.04 bits per heavy atom. The Bertz CT molecular complexity index is 842. The third-order valence-electron chi connectivity index (χ3n) is 3.39. The zero-order valence-corrected chi connectivity index (χ0v) is 13.3. The van der Waals surface area contributed by atoms with Crippen molar-refractivity contribution in [1.82, 2.24) is 9.78 Å². The zero-order chi connectivity index (χ0) is 16.2. The molecule has 3 aromatic rings. The lowest BCUT2D eigenvalue weighted by molar-refractivity contribution is 0.0526. The third-order valence-corrected chi connectivity index (χ3v) is 3.72. The number of ether oxygens (including phenoxy) is 1. The first-order valence-corrected chi connectivity index (χ1v) is 7.64. The van der Waals surface area contributed by atoms with Gasteiger partial charge in [0.2, 0.25) is 0 Å². The molecule has 0 aliphatic rings. The highest BCUT2D eigenvalue weighted by Gasteiger charge is 2.11. The Morgan fingerprint density at radius 1 is 1.22 bits per heavy atom. The second-order valence-electron chi connectivity index (χ2n) is 4.92. The van der Waals surface area contributed by atoms with E-state index in [0.29, 0.717) is 17.2 Å². The first kappa shape index (κ1) is 15.3. The van der Waals surface area contributed by atoms with Gasteiger partial charge in [-0.25, -0.2) is 9.48 Å². The van der Waals surface area contributed by atoms with Crippen molar-refractivity contribution >= 4 is 17.6 Å². The van der Waals surface area contributed by atoms with E-state index in [-0.39, 0.29) is 5.97 Å². The molecule has 1 heterocycles. The van der Waals surface area contributed by atoms with E-state index in [1.54, 1.807) is 17.8 Å². The maximum absolute atomic E-state index is 11.7. The number of aromatic nitrogens is 2. The lowest BCUT2D eigenvalue weighted by Crippen LogP contribution is -2.03. The molecule has 116 valence electrons. The van der Waals surface area contributed by atoms with Crippen LogP contribution in [0.15, 0.2) is 60.9 Å². The minimum atomic E-state index is -0.374. The van der Waals surface area contributed by atoms with Crippen molar-refractivity contribution in [3.8, 4) is 16.8 Å². The van der Waals surface area contributed by atoms with Gasteiger partial charge in [0.15, 0.2) is 0 Å². The summed E-state index contributed by atoms with van der Waals surface area (Å²) in [4.78, 5) is 11.7. The van der Waals surface area contributed by atoms with Crippen LogP contribution < -0.4 is 0 Å². The maximum Gasteiger partial charge on any atom is 0.341 e. The summed E-state index contributed by atoms with van der Waals surface area (Å²) >= 11 is 6.25. The van der Waals surface area contributed by atoms with Crippen LogP contribution in [0.2, 0.25) is 5.02 Å². The fourth-order valence-electron chi connectivity index (χ4n) is 2.30. The van der Waals surface area contributed by atoms with Gasteiger partial charge in [0, 0.05) is 16.8 Å². The average molecular weight is 327 g/mol. The number of benzene rings is 2. The quantitative estimate of drug-likeness (QED) is 0.669. The van der Waals surface area contributed by atoms with Crippen LogP contribution in [0.5, 0.6) is 0 Å². The van der Waals surface area contributed by atoms with Gasteiger partial charge >= 0.3 is 5.97 Å². The topological polar surface area (TPSA) is 44.1 Å². The van der Waals surface area contributed by atoms with Gasteiger partial charge in [-0.2, -0.15) is 5.10 Å². The highest BCUT2D eigenvalue weighted by molar-refractivity contribution is 6.33. The summed E-state index contributed by atoms with van der Waals surface area (Å²) in [5.74, 6) is -0.374. The van der Waals surface area contributed by atoms with E-state index in [9.17, 15) is 4.79 Å². The molecule has 1 aromatic heterocycles. The van der Waals surface area contributed by atoms with Crippen LogP contribution in [0.3, 0.4) is 0 Å². The first-order valence-electron chi connectivity index (χ1n) is 7.26. The number of carbonyl (C=O) groups excluding carboxylic acids is 1. The Morgan fingerprint density at radius 3 is 2.83 bits per heavy atom. The second kappa shape index (κ2) is 6.67. The predicted octanol–water partition coefficient (Wildman–Crippen LogP) is 4.37. The number of halogens is 1. The van der Waals surface area contributed by atoms with Gasteiger partial charge in [0.25, 0.3) is 0 Å². The predicted molar refractivity (Wildman–Crippen MR) is 90.0 cm³/mol. The molecule has 2 aromatic carbocycles. The number of rotatable bonds is 4. The lowest BCUT2D eigenvalue weighted by atomic mass is 10.1. The fraction of sp³-hybridized carbons (Fsp3) is 0.111. The van der Waals surface area contributed by atoms with Crippen molar-refractivity contribution < 1.29 is 9.53 Å². The van der Waals surface area contributed by atoms with E-state index < -0.39 is 0 Å². The van der Waals surface area contributed by atoms with Crippen LogP contribution in [0.4, 0.5) is 0 Å². The van der Waals surface area contributed by atoms with Crippen LogP contribution in [0.1, 0.15) is 17.3 Å². The summed E-state index contributed by atoms with van der Waals surface area (Å²) in [5.41, 5.74) is 3.21. The number of hydrogen-bond acceptors (Lipinski definition) is 3. The molecule has 4 nitrogen and oxygen atoms in total. The fourth-order valence-corrected chi connectivity index (χ4v) is 2.54. The summed E-state index contributed by atoms with van der Waals surface area (Å²) in [6.45, 7) is 2.11. The zero-order valence-electron chi connectivity index (χ0n) is 12.6. The molecule has 5 heteroatoms. The first-order chi connectivity index (χ1) is 11.2. The molecule has 0 aliphatic carbocycles. The van der Waals surface area contributed by atoms with Crippen LogP contribution in [-0.4, -0.2) is 22.4 Å². The van der Waals surface area contributed by atoms with Crippen molar-refractivity contribution in [2.75, 3.05) is 6.61 Å². The van der Waals surface area contributed by atoms with Crippen molar-refractivity contribution in [2.24, 2.45) is 0 Å². The molecular weight excluding hydrogens is 312 g/mol. The molecule has 0 bridgehead atoms. The van der Waals surface area contributed by atoms with E-state index in [1.807, 2.05) is 48.5 Å². The van der Waals surface area contributed by atoms with Crippen molar-refractivity contribution in [2.45, 2.75) is 6.92 Å². The number of hydrogen-bond donors (Lipinski definition) is 0. The highest BCUT2D eigenvalue weighted by atomic mass is 35.5. The van der Waals surface area contributed by atoms with Crippen LogP contribution in [-0.2, 0) is 4.74 Å². The summed E-state index contributed by atoms with van der Waals surface area (Å²) in [6.07, 6.45) is 3.16. The van der Waals surface area contributed by atoms with Crippen LogP contribution >= 0.6 is 11.6 Å².